The van der Waals surface area contributed by atoms with E-state index in [1.54, 1.807) is 57.4 Å². The van der Waals surface area contributed by atoms with Gasteiger partial charge in [0.15, 0.2) is 0 Å². The first kappa shape index (κ1) is 21.6. The molecule has 172 valence electrons. The van der Waals surface area contributed by atoms with Gasteiger partial charge in [0.2, 0.25) is 0 Å². The molecule has 5 rings (SSSR count). The maximum atomic E-state index is 13.9. The largest absolute Gasteiger partial charge is 0.497 e. The van der Waals surface area contributed by atoms with Crippen molar-refractivity contribution in [2.45, 2.75) is 25.4 Å². The number of carbonyl (C=O) groups excluding carboxylic acids is 3. The summed E-state index contributed by atoms with van der Waals surface area (Å²) >= 11 is 6.14. The summed E-state index contributed by atoms with van der Waals surface area (Å²) in [5, 5.41) is 0.397. The summed E-state index contributed by atoms with van der Waals surface area (Å²) in [5.41, 5.74) is -0.361. The molecule has 0 bridgehead atoms. The molecule has 4 atom stereocenters. The van der Waals surface area contributed by atoms with Crippen molar-refractivity contribution in [1.29, 1.82) is 0 Å². The van der Waals surface area contributed by atoms with Gasteiger partial charge in [-0.3, -0.25) is 9.59 Å². The smallest absolute Gasteiger partial charge is 0.332 e. The van der Waals surface area contributed by atoms with Crippen molar-refractivity contribution >= 4 is 35.2 Å². The highest BCUT2D eigenvalue weighted by Gasteiger charge is 2.72. The number of esters is 1. The van der Waals surface area contributed by atoms with E-state index in [0.717, 1.165) is 10.5 Å². The van der Waals surface area contributed by atoms with Gasteiger partial charge in [0.25, 0.3) is 5.91 Å². The SMILES string of the molecule is CCOC(=O)[C@@H]1[C@H]2COc3cc(OC)ccc3[C@H]2N2C(=O)N(c3cccc(Cl)c3)C(=O)[C@@]12C. The van der Waals surface area contributed by atoms with E-state index in [1.165, 1.54) is 4.90 Å². The van der Waals surface area contributed by atoms with E-state index >= 15 is 0 Å². The van der Waals surface area contributed by atoms with E-state index in [0.29, 0.717) is 22.2 Å². The fraction of sp³-hybridized carbons (Fsp3) is 0.375. The Morgan fingerprint density at radius 2 is 2.03 bits per heavy atom. The van der Waals surface area contributed by atoms with Crippen LogP contribution < -0.4 is 14.4 Å². The molecule has 2 fully saturated rings. The van der Waals surface area contributed by atoms with Gasteiger partial charge < -0.3 is 19.1 Å². The number of fused-ring (bicyclic) bond motifs is 5. The van der Waals surface area contributed by atoms with Gasteiger partial charge in [0.1, 0.15) is 17.0 Å². The zero-order valence-corrected chi connectivity index (χ0v) is 19.2. The Labute approximate surface area is 195 Å². The third-order valence-electron chi connectivity index (χ3n) is 6.83. The molecule has 9 heteroatoms. The number of amides is 3. The highest BCUT2D eigenvalue weighted by molar-refractivity contribution is 6.31. The topological polar surface area (TPSA) is 85.4 Å². The predicted octanol–water partition coefficient (Wildman–Crippen LogP) is 3.82. The number of halogens is 1. The summed E-state index contributed by atoms with van der Waals surface area (Å²) in [5.74, 6) is -1.17. The molecule has 3 heterocycles. The molecule has 3 aliphatic heterocycles. The second-order valence-electron chi connectivity index (χ2n) is 8.47. The molecule has 0 unspecified atom stereocenters. The Kier molecular flexibility index (Phi) is 5.01. The zero-order valence-electron chi connectivity index (χ0n) is 18.4. The van der Waals surface area contributed by atoms with E-state index in [2.05, 4.69) is 0 Å². The first-order chi connectivity index (χ1) is 15.8. The number of imide groups is 1. The van der Waals surface area contributed by atoms with Crippen LogP contribution in [0.5, 0.6) is 11.5 Å². The number of anilines is 1. The number of hydrogen-bond donors (Lipinski definition) is 0. The van der Waals surface area contributed by atoms with Crippen LogP contribution >= 0.6 is 11.6 Å². The van der Waals surface area contributed by atoms with Crippen LogP contribution in [0.1, 0.15) is 25.5 Å². The minimum atomic E-state index is -1.44. The molecule has 0 aromatic heterocycles. The average Bonchev–Trinajstić information content (AvgIpc) is 3.18. The number of rotatable bonds is 4. The first-order valence-corrected chi connectivity index (χ1v) is 11.1. The Balaban J connectivity index is 1.68. The highest BCUT2D eigenvalue weighted by Crippen LogP contribution is 2.58. The number of nitrogens with zero attached hydrogens (tertiary/aromatic N) is 2. The van der Waals surface area contributed by atoms with Gasteiger partial charge in [-0.15, -0.1) is 0 Å². The van der Waals surface area contributed by atoms with Crippen LogP contribution in [-0.4, -0.2) is 48.7 Å². The van der Waals surface area contributed by atoms with Crippen molar-refractivity contribution in [2.24, 2.45) is 11.8 Å². The van der Waals surface area contributed by atoms with Crippen LogP contribution in [0.15, 0.2) is 42.5 Å². The normalized spacial score (nSPS) is 27.6. The van der Waals surface area contributed by atoms with Crippen molar-refractivity contribution in [1.82, 2.24) is 4.90 Å². The quantitative estimate of drug-likeness (QED) is 0.499. The van der Waals surface area contributed by atoms with Gasteiger partial charge in [-0.1, -0.05) is 17.7 Å². The van der Waals surface area contributed by atoms with Crippen LogP contribution in [0.3, 0.4) is 0 Å². The Bertz CT molecular complexity index is 1170. The van der Waals surface area contributed by atoms with Crippen molar-refractivity contribution in [3.63, 3.8) is 0 Å². The van der Waals surface area contributed by atoms with Crippen LogP contribution in [0.2, 0.25) is 5.02 Å². The third kappa shape index (κ3) is 2.93. The molecule has 8 nitrogen and oxygen atoms in total. The number of benzene rings is 2. The maximum absolute atomic E-state index is 13.9. The second kappa shape index (κ2) is 7.66. The summed E-state index contributed by atoms with van der Waals surface area (Å²) < 4.78 is 16.7. The monoisotopic (exact) mass is 470 g/mol. The van der Waals surface area contributed by atoms with Gasteiger partial charge in [-0.05, 0) is 44.2 Å². The van der Waals surface area contributed by atoms with Crippen LogP contribution in [-0.2, 0) is 14.3 Å². The lowest BCUT2D eigenvalue weighted by atomic mass is 9.77. The lowest BCUT2D eigenvalue weighted by Crippen LogP contribution is -2.51. The van der Waals surface area contributed by atoms with Crippen molar-refractivity contribution in [3.05, 3.63) is 53.1 Å². The van der Waals surface area contributed by atoms with Gasteiger partial charge >= 0.3 is 12.0 Å². The molecule has 2 aromatic carbocycles. The Morgan fingerprint density at radius 3 is 2.73 bits per heavy atom. The second-order valence-corrected chi connectivity index (χ2v) is 8.91. The van der Waals surface area contributed by atoms with Gasteiger partial charge in [-0.25, -0.2) is 9.69 Å². The molecular weight excluding hydrogens is 448 g/mol. The van der Waals surface area contributed by atoms with Gasteiger partial charge in [0.05, 0.1) is 38.0 Å². The Hall–Kier alpha value is -3.26. The van der Waals surface area contributed by atoms with E-state index in [9.17, 15) is 14.4 Å². The van der Waals surface area contributed by atoms with Crippen LogP contribution in [0.4, 0.5) is 10.5 Å². The summed E-state index contributed by atoms with van der Waals surface area (Å²) in [6, 6.07) is 10.8. The van der Waals surface area contributed by atoms with Crippen molar-refractivity contribution < 1.29 is 28.6 Å². The summed E-state index contributed by atoms with van der Waals surface area (Å²) in [6.07, 6.45) is 0. The molecule has 2 aromatic rings. The molecule has 0 aliphatic carbocycles. The number of hydrogen-bond acceptors (Lipinski definition) is 6. The van der Waals surface area contributed by atoms with E-state index in [4.69, 9.17) is 25.8 Å². The number of carbonyl (C=O) groups is 3. The van der Waals surface area contributed by atoms with Crippen LogP contribution in [0, 0.1) is 11.8 Å². The number of methoxy groups -OCH3 is 1. The fourth-order valence-electron chi connectivity index (χ4n) is 5.44. The lowest BCUT2D eigenvalue weighted by molar-refractivity contribution is -0.154. The molecule has 33 heavy (non-hydrogen) atoms. The standard InChI is InChI=1S/C24H23ClN2O6/c1-4-32-21(28)19-17-12-33-18-11-15(31-3)8-9-16(18)20(17)27-23(30)26(22(29)24(19,27)2)14-7-5-6-13(25)10-14/h5-11,17,19-20H,4,12H2,1-3H3/t17-,19+,20-,24-/m1/s1. The van der Waals surface area contributed by atoms with Gasteiger partial charge in [0, 0.05) is 22.6 Å². The van der Waals surface area contributed by atoms with Crippen molar-refractivity contribution in [3.8, 4) is 11.5 Å². The summed E-state index contributed by atoms with van der Waals surface area (Å²) in [4.78, 5) is 43.5. The summed E-state index contributed by atoms with van der Waals surface area (Å²) in [6.45, 7) is 3.68. The molecule has 2 saturated heterocycles. The first-order valence-electron chi connectivity index (χ1n) is 10.7. The zero-order chi connectivity index (χ0) is 23.5. The lowest BCUT2D eigenvalue weighted by Gasteiger charge is -2.34. The third-order valence-corrected chi connectivity index (χ3v) is 7.06. The van der Waals surface area contributed by atoms with Crippen LogP contribution in [0.25, 0.3) is 0 Å². The fourth-order valence-corrected chi connectivity index (χ4v) is 5.62. The average molecular weight is 471 g/mol. The Morgan fingerprint density at radius 1 is 1.24 bits per heavy atom. The van der Waals surface area contributed by atoms with Gasteiger partial charge in [-0.2, -0.15) is 0 Å². The molecular formula is C24H23ClN2O6. The minimum absolute atomic E-state index is 0.164. The number of ether oxygens (including phenoxy) is 3. The van der Waals surface area contributed by atoms with Crippen molar-refractivity contribution in [2.75, 3.05) is 25.2 Å². The molecule has 0 spiro atoms. The molecule has 0 N–H and O–H groups in total. The molecule has 3 aliphatic rings. The maximum Gasteiger partial charge on any atom is 0.332 e. The minimum Gasteiger partial charge on any atom is -0.497 e. The number of urea groups is 1. The molecule has 0 radical (unpaired) electrons. The molecule has 3 amide bonds. The molecule has 0 saturated carbocycles. The van der Waals surface area contributed by atoms with E-state index in [-0.39, 0.29) is 13.2 Å². The van der Waals surface area contributed by atoms with E-state index in [1.807, 2.05) is 6.07 Å². The summed E-state index contributed by atoms with van der Waals surface area (Å²) in [7, 11) is 1.56. The van der Waals surface area contributed by atoms with E-state index < -0.39 is 41.3 Å². The highest BCUT2D eigenvalue weighted by atomic mass is 35.5. The predicted molar refractivity (Wildman–Crippen MR) is 119 cm³/mol.